The number of thioether (sulfide) groups is 1. The Morgan fingerprint density at radius 1 is 0.522 bits per heavy atom. The number of ether oxygens (including phenoxy) is 6. The standard InChI is InChI=1S/C30H38N4O5S2.C28H36N6O3.C27H34N6O3S/c1-31-15-17-33(18-16-31)26-9-5-8-23-24(26)21-34(30(23)35)25(22-12-13-27(38-3)28(20-22)39-4)10-6-14-32(2)41(36,37)29-11-7-19-40-29;1-4-31-13-15-32(16-14-31)25-8-5-7-22-23(25)18-34(28(22)35)24(9-6-12-33-20-29-19-30-33)21-10-11-26(36-2)27(17-21)37-3;1-31-27(28-29-30-31)37-16-8-11-22(19-12-13-24(35-2)25(17-19)36-3)33-18-21-20(26(33)34)9-7-10-23(21)32-14-5-4-6-15-32/h5,7-9,11-13,19-20,25H,6,10,14-18,21H2,1-4H3;5,7-8,10-11,17,19-20,24H,4,6,9,12-16,18H2,1-3H3;7,9-10,12-13,17,22H,4-6,8,11,14-16,18H2,1-3H3/t25-;24-;22-/m111/s1. The Morgan fingerprint density at radius 2 is 0.974 bits per heavy atom. The molecule has 3 amide bonds. The van der Waals surface area contributed by atoms with Gasteiger partial charge in [-0.25, -0.2) is 22.4 Å². The number of piperidine rings is 1. The third-order valence-corrected chi connectivity index (χ3v) is 27.3. The number of amides is 3. The summed E-state index contributed by atoms with van der Waals surface area (Å²) in [5.74, 6) is 4.93. The van der Waals surface area contributed by atoms with Crippen molar-refractivity contribution in [3.05, 3.63) is 189 Å². The molecule has 0 aliphatic carbocycles. The van der Waals surface area contributed by atoms with Crippen LogP contribution in [-0.2, 0) is 43.2 Å². The molecule has 3 saturated heterocycles. The molecule has 3 aromatic heterocycles. The Balaban J connectivity index is 0.000000151. The predicted octanol–water partition coefficient (Wildman–Crippen LogP) is 12.4. The van der Waals surface area contributed by atoms with E-state index in [0.717, 1.165) is 171 Å². The van der Waals surface area contributed by atoms with E-state index in [1.165, 1.54) is 46.3 Å². The summed E-state index contributed by atoms with van der Waals surface area (Å²) in [6, 6.07) is 39.0. The number of carbonyl (C=O) groups is 3. The molecule has 15 rings (SSSR count). The van der Waals surface area contributed by atoms with Crippen LogP contribution in [0.25, 0.3) is 0 Å². The Kier molecular flexibility index (Phi) is 27.9. The van der Waals surface area contributed by atoms with Gasteiger partial charge >= 0.3 is 0 Å². The molecule has 6 aromatic carbocycles. The lowest BCUT2D eigenvalue weighted by Crippen LogP contribution is -2.46. The number of fused-ring (bicyclic) bond motifs is 3. The molecule has 0 bridgehead atoms. The van der Waals surface area contributed by atoms with Crippen LogP contribution >= 0.6 is 23.1 Å². The van der Waals surface area contributed by atoms with Gasteiger partial charge in [0.1, 0.15) is 16.9 Å². The maximum absolute atomic E-state index is 13.9. The summed E-state index contributed by atoms with van der Waals surface area (Å²) in [5, 5.41) is 18.5. The van der Waals surface area contributed by atoms with Gasteiger partial charge in [0.2, 0.25) is 5.16 Å². The number of piperazine rings is 2. The number of anilines is 3. The molecule has 0 spiro atoms. The van der Waals surface area contributed by atoms with Gasteiger partial charge in [-0.1, -0.05) is 61.2 Å². The molecule has 9 aromatic rings. The largest absolute Gasteiger partial charge is 0.493 e. The molecule has 27 nitrogen and oxygen atoms in total. The van der Waals surface area contributed by atoms with Gasteiger partial charge < -0.3 is 67.6 Å². The maximum atomic E-state index is 13.9. The highest BCUT2D eigenvalue weighted by Crippen LogP contribution is 2.46. The SMILES string of the molecule is CCN1CCN(c2cccc3c2CN([C@H](CCCn2cncn2)c2ccc(OC)c(OC)c2)C3=O)CC1.COc1ccc([C@@H](CCCN(C)S(=O)(=O)c2cccs2)N2Cc3c(cccc3N3CCN(C)CC3)C2=O)cc1OC.COc1ccc([C@@H](CCCSc2nnnn2C)N2Cc3c(cccc3N3CCCCC3)C2=O)cc1OC. The van der Waals surface area contributed by atoms with Crippen molar-refractivity contribution in [2.45, 2.75) is 118 Å². The number of carbonyl (C=O) groups excluding carboxylic acids is 3. The zero-order valence-electron chi connectivity index (χ0n) is 67.8. The van der Waals surface area contributed by atoms with Gasteiger partial charge in [0.15, 0.2) is 34.5 Å². The third-order valence-electron chi connectivity index (χ3n) is 23.0. The highest BCUT2D eigenvalue weighted by Gasteiger charge is 2.40. The van der Waals surface area contributed by atoms with Crippen LogP contribution in [-0.4, -0.2) is 231 Å². The average molecular weight is 1630 g/mol. The Bertz CT molecular complexity index is 4880. The van der Waals surface area contributed by atoms with E-state index >= 15 is 0 Å². The van der Waals surface area contributed by atoms with Crippen molar-refractivity contribution >= 4 is 67.9 Å². The first-order chi connectivity index (χ1) is 56.0. The number of nitrogens with zero attached hydrogens (tertiary/aromatic N) is 16. The minimum atomic E-state index is -3.55. The second kappa shape index (κ2) is 38.6. The maximum Gasteiger partial charge on any atom is 0.255 e. The molecule has 6 aliphatic heterocycles. The van der Waals surface area contributed by atoms with Crippen LogP contribution in [0.3, 0.4) is 0 Å². The number of sulfonamides is 1. The molecule has 0 N–H and O–H groups in total. The molecule has 0 unspecified atom stereocenters. The zero-order chi connectivity index (χ0) is 80.7. The van der Waals surface area contributed by atoms with Crippen molar-refractivity contribution in [1.82, 2.24) is 63.8 Å². The first kappa shape index (κ1) is 83.0. The van der Waals surface area contributed by atoms with Gasteiger partial charge in [-0.3, -0.25) is 19.1 Å². The topological polar surface area (TPSA) is 244 Å². The molecular weight excluding hydrogens is 1520 g/mol. The summed E-state index contributed by atoms with van der Waals surface area (Å²) in [6.45, 7) is 16.1. The lowest BCUT2D eigenvalue weighted by Gasteiger charge is -2.36. The number of likely N-dealkylation sites (N-methyl/N-ethyl adjacent to an activating group) is 2. The van der Waals surface area contributed by atoms with Crippen molar-refractivity contribution < 1.29 is 51.2 Å². The molecule has 30 heteroatoms. The van der Waals surface area contributed by atoms with Crippen LogP contribution < -0.4 is 43.1 Å². The second-order valence-corrected chi connectivity index (χ2v) is 33.9. The summed E-state index contributed by atoms with van der Waals surface area (Å²) < 4.78 is 64.4. The van der Waals surface area contributed by atoms with Crippen LogP contribution in [0.4, 0.5) is 17.1 Å². The smallest absolute Gasteiger partial charge is 0.255 e. The van der Waals surface area contributed by atoms with Gasteiger partial charge in [-0.05, 0) is 183 Å². The fraction of sp³-hybridized carbons (Fsp3) is 0.459. The Labute approximate surface area is 684 Å². The lowest BCUT2D eigenvalue weighted by molar-refractivity contribution is 0.0680. The summed E-state index contributed by atoms with van der Waals surface area (Å²) in [6.07, 6.45) is 11.5. The summed E-state index contributed by atoms with van der Waals surface area (Å²) in [4.78, 5) is 63.7. The number of thiophene rings is 1. The summed E-state index contributed by atoms with van der Waals surface area (Å²) in [7, 11) is 11.8. The third kappa shape index (κ3) is 18.8. The van der Waals surface area contributed by atoms with E-state index in [0.29, 0.717) is 77.7 Å². The van der Waals surface area contributed by atoms with Crippen molar-refractivity contribution in [2.24, 2.45) is 7.05 Å². The fourth-order valence-electron chi connectivity index (χ4n) is 16.6. The fourth-order valence-corrected chi connectivity index (χ4v) is 19.8. The van der Waals surface area contributed by atoms with Crippen LogP contribution in [0.15, 0.2) is 149 Å². The molecule has 115 heavy (non-hydrogen) atoms. The van der Waals surface area contributed by atoms with Gasteiger partial charge in [-0.2, -0.15) is 5.10 Å². The van der Waals surface area contributed by atoms with Crippen molar-refractivity contribution in [3.8, 4) is 34.5 Å². The van der Waals surface area contributed by atoms with E-state index in [-0.39, 0.29) is 35.8 Å². The molecule has 3 atom stereocenters. The molecule has 0 saturated carbocycles. The van der Waals surface area contributed by atoms with Gasteiger partial charge in [-0.15, -0.1) is 16.4 Å². The molecule has 612 valence electrons. The monoisotopic (exact) mass is 1620 g/mol. The second-order valence-electron chi connectivity index (χ2n) is 29.6. The van der Waals surface area contributed by atoms with E-state index in [9.17, 15) is 22.8 Å². The molecule has 0 radical (unpaired) electrons. The normalized spacial score (nSPS) is 16.5. The molecule has 6 aliphatic rings. The van der Waals surface area contributed by atoms with Crippen LogP contribution in [0.1, 0.15) is 147 Å². The zero-order valence-corrected chi connectivity index (χ0v) is 70.2. The predicted molar refractivity (Wildman–Crippen MR) is 447 cm³/mol. The summed E-state index contributed by atoms with van der Waals surface area (Å²) >= 11 is 2.84. The van der Waals surface area contributed by atoms with E-state index in [1.54, 1.807) is 96.3 Å². The highest BCUT2D eigenvalue weighted by atomic mass is 32.2. The van der Waals surface area contributed by atoms with Crippen molar-refractivity contribution in [3.63, 3.8) is 0 Å². The number of aryl methyl sites for hydroxylation is 2. The Morgan fingerprint density at radius 3 is 1.39 bits per heavy atom. The van der Waals surface area contributed by atoms with Crippen LogP contribution in [0.5, 0.6) is 34.5 Å². The molecule has 3 fully saturated rings. The van der Waals surface area contributed by atoms with E-state index in [1.807, 2.05) is 117 Å². The minimum Gasteiger partial charge on any atom is -0.493 e. The number of rotatable bonds is 31. The molecule has 9 heterocycles. The van der Waals surface area contributed by atoms with Gasteiger partial charge in [0, 0.05) is 168 Å². The average Bonchev–Trinajstić information content (AvgIpc) is 1.61. The lowest BCUT2D eigenvalue weighted by atomic mass is 9.99. The number of tetrazole rings is 1. The van der Waals surface area contributed by atoms with Crippen molar-refractivity contribution in [2.75, 3.05) is 156 Å². The van der Waals surface area contributed by atoms with Gasteiger partial charge in [0.05, 0.1) is 60.8 Å². The summed E-state index contributed by atoms with van der Waals surface area (Å²) in [5.41, 5.74) is 12.3. The number of hydrogen-bond donors (Lipinski definition) is 0. The van der Waals surface area contributed by atoms with Crippen LogP contribution in [0, 0.1) is 0 Å². The molecular formula is C85H108N16O11S3. The number of benzene rings is 6. The van der Waals surface area contributed by atoms with E-state index in [4.69, 9.17) is 28.4 Å². The number of aromatic nitrogens is 7. The van der Waals surface area contributed by atoms with Crippen molar-refractivity contribution in [1.29, 1.82) is 0 Å². The van der Waals surface area contributed by atoms with E-state index < -0.39 is 10.0 Å². The minimum absolute atomic E-state index is 0.00433. The quantitative estimate of drug-likeness (QED) is 0.0289. The number of methoxy groups -OCH3 is 6. The Hall–Kier alpha value is -9.98. The first-order valence-corrected chi connectivity index (χ1v) is 43.1. The first-order valence-electron chi connectivity index (χ1n) is 39.7. The highest BCUT2D eigenvalue weighted by molar-refractivity contribution is 7.99. The van der Waals surface area contributed by atoms with E-state index in [2.05, 4.69) is 82.3 Å². The number of hydrogen-bond acceptors (Lipinski definition) is 23. The van der Waals surface area contributed by atoms with Crippen LogP contribution in [0.2, 0.25) is 0 Å². The van der Waals surface area contributed by atoms with Gasteiger partial charge in [0.25, 0.3) is 27.7 Å².